The van der Waals surface area contributed by atoms with E-state index in [1.165, 1.54) is 5.56 Å². The van der Waals surface area contributed by atoms with E-state index in [4.69, 9.17) is 0 Å². The molecule has 1 unspecified atom stereocenters. The van der Waals surface area contributed by atoms with Crippen molar-refractivity contribution in [2.24, 2.45) is 4.99 Å². The zero-order valence-electron chi connectivity index (χ0n) is 17.9. The molecule has 1 heterocycles. The van der Waals surface area contributed by atoms with E-state index in [9.17, 15) is 5.11 Å². The topological polar surface area (TPSA) is 74.5 Å². The van der Waals surface area contributed by atoms with Crippen molar-refractivity contribution in [3.63, 3.8) is 0 Å². The molecule has 0 saturated heterocycles. The van der Waals surface area contributed by atoms with Gasteiger partial charge in [0.25, 0.3) is 0 Å². The first-order valence-corrected chi connectivity index (χ1v) is 10.5. The van der Waals surface area contributed by atoms with Crippen molar-refractivity contribution in [1.82, 2.24) is 20.2 Å². The van der Waals surface area contributed by atoms with Gasteiger partial charge in [-0.15, -0.1) is 24.0 Å². The molecule has 0 amide bonds. The normalized spacial score (nSPS) is 12.1. The second kappa shape index (κ2) is 13.8. The molecule has 31 heavy (non-hydrogen) atoms. The van der Waals surface area contributed by atoms with Gasteiger partial charge in [0.1, 0.15) is 5.82 Å². The first-order valence-electron chi connectivity index (χ1n) is 10.5. The Balaban J connectivity index is 0.00000341. The van der Waals surface area contributed by atoms with E-state index in [-0.39, 0.29) is 36.5 Å². The Morgan fingerprint density at radius 1 is 1.06 bits per heavy atom. The molecule has 6 nitrogen and oxygen atoms in total. The summed E-state index contributed by atoms with van der Waals surface area (Å²) in [6.07, 6.45) is 4.67. The minimum Gasteiger partial charge on any atom is -0.396 e. The van der Waals surface area contributed by atoms with Crippen LogP contribution in [0.2, 0.25) is 0 Å². The highest BCUT2D eigenvalue weighted by Crippen LogP contribution is 2.15. The Bertz CT molecular complexity index is 899. The summed E-state index contributed by atoms with van der Waals surface area (Å²) in [5.74, 6) is 1.79. The maximum atomic E-state index is 9.75. The molecule has 3 rings (SSSR count). The van der Waals surface area contributed by atoms with Gasteiger partial charge in [-0.3, -0.25) is 4.99 Å². The van der Waals surface area contributed by atoms with Crippen LogP contribution in [0.1, 0.15) is 29.8 Å². The number of halogens is 1. The molecule has 0 spiro atoms. The molecule has 0 aliphatic carbocycles. The van der Waals surface area contributed by atoms with Crippen molar-refractivity contribution in [3.05, 3.63) is 90.0 Å². The van der Waals surface area contributed by atoms with Gasteiger partial charge in [0, 0.05) is 44.4 Å². The molecule has 0 bridgehead atoms. The fraction of sp³-hybridized carbons (Fsp3) is 0.333. The van der Waals surface area contributed by atoms with Crippen LogP contribution < -0.4 is 10.6 Å². The lowest BCUT2D eigenvalue weighted by Crippen LogP contribution is -2.39. The minimum atomic E-state index is -0.00794. The van der Waals surface area contributed by atoms with Crippen LogP contribution in [0.5, 0.6) is 0 Å². The number of nitrogens with zero attached hydrogens (tertiary/aromatic N) is 3. The van der Waals surface area contributed by atoms with Gasteiger partial charge in [-0.2, -0.15) is 0 Å². The smallest absolute Gasteiger partial charge is 0.191 e. The predicted octanol–water partition coefficient (Wildman–Crippen LogP) is 3.42. The van der Waals surface area contributed by atoms with Crippen molar-refractivity contribution in [2.75, 3.05) is 26.2 Å². The summed E-state index contributed by atoms with van der Waals surface area (Å²) in [7, 11) is 0. The molecule has 2 aromatic carbocycles. The Morgan fingerprint density at radius 2 is 1.77 bits per heavy atom. The first kappa shape index (κ1) is 24.9. The lowest BCUT2D eigenvalue weighted by atomic mass is 10.0. The number of imidazole rings is 1. The van der Waals surface area contributed by atoms with E-state index >= 15 is 0 Å². The number of aromatic nitrogens is 2. The van der Waals surface area contributed by atoms with Crippen LogP contribution in [-0.2, 0) is 13.0 Å². The van der Waals surface area contributed by atoms with Gasteiger partial charge >= 0.3 is 0 Å². The molecule has 3 aromatic rings. The maximum Gasteiger partial charge on any atom is 0.191 e. The van der Waals surface area contributed by atoms with Crippen molar-refractivity contribution in [3.8, 4) is 0 Å². The predicted molar refractivity (Wildman–Crippen MR) is 137 cm³/mol. The fourth-order valence-electron chi connectivity index (χ4n) is 3.32. The molecule has 0 aliphatic heterocycles. The molecule has 166 valence electrons. The van der Waals surface area contributed by atoms with Gasteiger partial charge in [-0.1, -0.05) is 60.7 Å². The molecule has 0 radical (unpaired) electrons. The molecule has 1 atom stereocenters. The van der Waals surface area contributed by atoms with Crippen molar-refractivity contribution >= 4 is 29.9 Å². The monoisotopic (exact) mass is 533 g/mol. The average Bonchev–Trinajstić information content (AvgIpc) is 3.22. The van der Waals surface area contributed by atoms with Crippen molar-refractivity contribution < 1.29 is 5.11 Å². The third-order valence-corrected chi connectivity index (χ3v) is 4.94. The zero-order chi connectivity index (χ0) is 21.0. The first-order chi connectivity index (χ1) is 14.8. The standard InChI is InChI=1S/C24H31N5O.HI/c1-2-25-24(28-17-22(19-30)21-11-7-4-8-12-21)27-14-13-23-26-15-16-29(23)18-20-9-5-3-6-10-20;/h3-12,15-16,22,30H,2,13-14,17-19H2,1H3,(H2,25,27,28);1H. The van der Waals surface area contributed by atoms with Crippen molar-refractivity contribution in [1.29, 1.82) is 0 Å². The molecule has 1 aromatic heterocycles. The lowest BCUT2D eigenvalue weighted by molar-refractivity contribution is 0.268. The van der Waals surface area contributed by atoms with E-state index in [1.54, 1.807) is 0 Å². The van der Waals surface area contributed by atoms with E-state index < -0.39 is 0 Å². The van der Waals surface area contributed by atoms with E-state index in [0.717, 1.165) is 43.4 Å². The number of aliphatic hydroxyl groups excluding tert-OH is 1. The number of guanidine groups is 1. The van der Waals surface area contributed by atoms with Gasteiger partial charge in [0.15, 0.2) is 5.96 Å². The van der Waals surface area contributed by atoms with Crippen LogP contribution in [0, 0.1) is 0 Å². The molecule has 0 fully saturated rings. The van der Waals surface area contributed by atoms with Gasteiger partial charge in [-0.05, 0) is 18.1 Å². The van der Waals surface area contributed by atoms with Gasteiger partial charge in [0.05, 0.1) is 13.2 Å². The van der Waals surface area contributed by atoms with Crippen LogP contribution in [0.15, 0.2) is 78.0 Å². The van der Waals surface area contributed by atoms with Gasteiger partial charge in [0.2, 0.25) is 0 Å². The number of hydrogen-bond donors (Lipinski definition) is 3. The number of hydrogen-bond acceptors (Lipinski definition) is 3. The Labute approximate surface area is 201 Å². The van der Waals surface area contributed by atoms with Crippen LogP contribution in [0.25, 0.3) is 0 Å². The van der Waals surface area contributed by atoms with Crippen molar-refractivity contribution in [2.45, 2.75) is 25.8 Å². The zero-order valence-corrected chi connectivity index (χ0v) is 20.3. The Hall–Kier alpha value is -2.39. The quantitative estimate of drug-likeness (QED) is 0.212. The highest BCUT2D eigenvalue weighted by Gasteiger charge is 2.10. The molecular formula is C24H32IN5O. The highest BCUT2D eigenvalue weighted by molar-refractivity contribution is 14.0. The van der Waals surface area contributed by atoms with Gasteiger partial charge < -0.3 is 20.3 Å². The summed E-state index contributed by atoms with van der Waals surface area (Å²) in [5, 5.41) is 16.4. The summed E-state index contributed by atoms with van der Waals surface area (Å²) in [4.78, 5) is 9.19. The van der Waals surface area contributed by atoms with Gasteiger partial charge in [-0.25, -0.2) is 4.98 Å². The number of aliphatic hydroxyl groups is 1. The largest absolute Gasteiger partial charge is 0.396 e. The molecule has 3 N–H and O–H groups in total. The average molecular weight is 533 g/mol. The molecule has 0 aliphatic rings. The Morgan fingerprint density at radius 3 is 2.45 bits per heavy atom. The third kappa shape index (κ3) is 7.99. The van der Waals surface area contributed by atoms with E-state index in [0.29, 0.717) is 6.54 Å². The lowest BCUT2D eigenvalue weighted by Gasteiger charge is -2.15. The van der Waals surface area contributed by atoms with Crippen LogP contribution in [-0.4, -0.2) is 46.9 Å². The molecule has 7 heteroatoms. The number of aliphatic imine (C=N–C) groups is 1. The second-order valence-corrected chi connectivity index (χ2v) is 7.14. The van der Waals surface area contributed by atoms with E-state index in [1.807, 2.05) is 55.7 Å². The highest BCUT2D eigenvalue weighted by atomic mass is 127. The second-order valence-electron chi connectivity index (χ2n) is 7.14. The van der Waals surface area contributed by atoms with Crippen LogP contribution >= 0.6 is 24.0 Å². The number of benzene rings is 2. The summed E-state index contributed by atoms with van der Waals surface area (Å²) < 4.78 is 2.18. The summed E-state index contributed by atoms with van der Waals surface area (Å²) in [5.41, 5.74) is 2.36. The van der Waals surface area contributed by atoms with E-state index in [2.05, 4.69) is 49.4 Å². The summed E-state index contributed by atoms with van der Waals surface area (Å²) in [6, 6.07) is 20.4. The summed E-state index contributed by atoms with van der Waals surface area (Å²) >= 11 is 0. The fourth-order valence-corrected chi connectivity index (χ4v) is 3.32. The minimum absolute atomic E-state index is 0. The summed E-state index contributed by atoms with van der Waals surface area (Å²) in [6.45, 7) is 4.97. The Kier molecular flexibility index (Phi) is 11.1. The number of rotatable bonds is 10. The van der Waals surface area contributed by atoms with Crippen LogP contribution in [0.3, 0.4) is 0 Å². The van der Waals surface area contributed by atoms with Crippen LogP contribution in [0.4, 0.5) is 0 Å². The SMILES string of the molecule is CCNC(=NCC(CO)c1ccccc1)NCCc1nccn1Cc1ccccc1.I. The molecule has 0 saturated carbocycles. The maximum absolute atomic E-state index is 9.75. The number of nitrogens with one attached hydrogen (secondary N) is 2. The molecular weight excluding hydrogens is 501 g/mol. The third-order valence-electron chi connectivity index (χ3n) is 4.94.